The van der Waals surface area contributed by atoms with Crippen LogP contribution in [0.3, 0.4) is 0 Å². The van der Waals surface area contributed by atoms with Crippen LogP contribution < -0.4 is 11.1 Å². The van der Waals surface area contributed by atoms with E-state index in [1.807, 2.05) is 19.2 Å². The zero-order valence-corrected chi connectivity index (χ0v) is 9.25. The molecule has 3 nitrogen and oxygen atoms in total. The van der Waals surface area contributed by atoms with Crippen molar-refractivity contribution < 1.29 is 0 Å². The maximum atomic E-state index is 5.80. The van der Waals surface area contributed by atoms with Gasteiger partial charge in [0.25, 0.3) is 0 Å². The van der Waals surface area contributed by atoms with Crippen LogP contribution in [0.4, 0.5) is 5.69 Å². The van der Waals surface area contributed by atoms with Crippen LogP contribution in [0.25, 0.3) is 10.9 Å². The normalized spacial score (nSPS) is 11.1. The maximum Gasteiger partial charge on any atom is 0.0503 e. The molecule has 1 aromatic heterocycles. The monoisotopic (exact) mass is 203 g/mol. The van der Waals surface area contributed by atoms with Gasteiger partial charge in [-0.2, -0.15) is 0 Å². The number of hydrogen-bond acceptors (Lipinski definition) is 2. The topological polar surface area (TPSA) is 43.0 Å². The van der Waals surface area contributed by atoms with E-state index >= 15 is 0 Å². The first-order chi connectivity index (χ1) is 7.26. The lowest BCUT2D eigenvalue weighted by Gasteiger charge is -2.07. The number of anilines is 1. The Hall–Kier alpha value is -1.48. The quantitative estimate of drug-likeness (QED) is 0.749. The molecule has 80 valence electrons. The first-order valence-corrected chi connectivity index (χ1v) is 5.28. The van der Waals surface area contributed by atoms with E-state index in [-0.39, 0.29) is 0 Å². The molecule has 0 radical (unpaired) electrons. The fraction of sp³-hybridized carbons (Fsp3) is 0.333. The van der Waals surface area contributed by atoms with Gasteiger partial charge in [0.1, 0.15) is 0 Å². The number of aryl methyl sites for hydroxylation is 1. The molecule has 0 aliphatic carbocycles. The average molecular weight is 203 g/mol. The SMILES string of the molecule is CCn1c(CNC)cc2ccc(N)cc21. The van der Waals surface area contributed by atoms with Gasteiger partial charge in [-0.25, -0.2) is 0 Å². The fourth-order valence-electron chi connectivity index (χ4n) is 2.03. The molecule has 0 bridgehead atoms. The second kappa shape index (κ2) is 3.95. The van der Waals surface area contributed by atoms with Crippen LogP contribution in [0.15, 0.2) is 24.3 Å². The molecule has 1 aromatic carbocycles. The molecule has 0 aliphatic rings. The Morgan fingerprint density at radius 1 is 1.33 bits per heavy atom. The van der Waals surface area contributed by atoms with Crippen molar-refractivity contribution in [2.45, 2.75) is 20.0 Å². The summed E-state index contributed by atoms with van der Waals surface area (Å²) in [6.07, 6.45) is 0. The van der Waals surface area contributed by atoms with Crippen molar-refractivity contribution in [3.05, 3.63) is 30.0 Å². The molecule has 0 amide bonds. The number of nitrogens with two attached hydrogens (primary N) is 1. The van der Waals surface area contributed by atoms with E-state index in [0.29, 0.717) is 0 Å². The minimum absolute atomic E-state index is 0.825. The molecule has 0 fully saturated rings. The van der Waals surface area contributed by atoms with Gasteiger partial charge in [0, 0.05) is 29.9 Å². The van der Waals surface area contributed by atoms with Crippen molar-refractivity contribution in [2.75, 3.05) is 12.8 Å². The molecule has 0 spiro atoms. The van der Waals surface area contributed by atoms with Crippen molar-refractivity contribution in [1.82, 2.24) is 9.88 Å². The highest BCUT2D eigenvalue weighted by molar-refractivity contribution is 5.84. The molecule has 3 heteroatoms. The molecule has 2 rings (SSSR count). The molecule has 1 heterocycles. The average Bonchev–Trinajstić information content (AvgIpc) is 2.55. The second-order valence-corrected chi connectivity index (χ2v) is 3.73. The van der Waals surface area contributed by atoms with Crippen LogP contribution in [0.2, 0.25) is 0 Å². The van der Waals surface area contributed by atoms with Crippen LogP contribution in [-0.2, 0) is 13.1 Å². The highest BCUT2D eigenvalue weighted by Gasteiger charge is 2.06. The lowest BCUT2D eigenvalue weighted by molar-refractivity contribution is 0.692. The van der Waals surface area contributed by atoms with Crippen LogP contribution in [0, 0.1) is 0 Å². The van der Waals surface area contributed by atoms with E-state index in [9.17, 15) is 0 Å². The molecule has 15 heavy (non-hydrogen) atoms. The third-order valence-electron chi connectivity index (χ3n) is 2.69. The first-order valence-electron chi connectivity index (χ1n) is 5.28. The number of nitrogens with one attached hydrogen (secondary N) is 1. The van der Waals surface area contributed by atoms with Gasteiger partial charge < -0.3 is 15.6 Å². The van der Waals surface area contributed by atoms with Crippen molar-refractivity contribution in [2.24, 2.45) is 0 Å². The number of aromatic nitrogens is 1. The molecule has 0 saturated carbocycles. The Bertz CT molecular complexity index is 471. The minimum Gasteiger partial charge on any atom is -0.399 e. The van der Waals surface area contributed by atoms with Crippen LogP contribution in [-0.4, -0.2) is 11.6 Å². The Morgan fingerprint density at radius 3 is 2.80 bits per heavy atom. The molecule has 0 saturated heterocycles. The van der Waals surface area contributed by atoms with Crippen molar-refractivity contribution >= 4 is 16.6 Å². The van der Waals surface area contributed by atoms with Crippen molar-refractivity contribution in [1.29, 1.82) is 0 Å². The third kappa shape index (κ3) is 1.70. The third-order valence-corrected chi connectivity index (χ3v) is 2.69. The highest BCUT2D eigenvalue weighted by Crippen LogP contribution is 2.22. The van der Waals surface area contributed by atoms with E-state index in [2.05, 4.69) is 28.9 Å². The standard InChI is InChI=1S/C12H17N3/c1-3-15-11(8-14-2)6-9-4-5-10(13)7-12(9)15/h4-7,14H,3,8,13H2,1-2H3. The molecule has 0 unspecified atom stereocenters. The van der Waals surface area contributed by atoms with Gasteiger partial charge in [-0.05, 0) is 32.2 Å². The van der Waals surface area contributed by atoms with Crippen molar-refractivity contribution in [3.8, 4) is 0 Å². The number of nitrogens with zero attached hydrogens (tertiary/aromatic N) is 1. The summed E-state index contributed by atoms with van der Waals surface area (Å²) in [6.45, 7) is 4.02. The zero-order chi connectivity index (χ0) is 10.8. The summed E-state index contributed by atoms with van der Waals surface area (Å²) in [5.41, 5.74) is 9.16. The summed E-state index contributed by atoms with van der Waals surface area (Å²) < 4.78 is 2.29. The molecule has 0 atom stereocenters. The second-order valence-electron chi connectivity index (χ2n) is 3.73. The smallest absolute Gasteiger partial charge is 0.0503 e. The van der Waals surface area contributed by atoms with Crippen molar-refractivity contribution in [3.63, 3.8) is 0 Å². The summed E-state index contributed by atoms with van der Waals surface area (Å²) in [6, 6.07) is 8.29. The van der Waals surface area contributed by atoms with Gasteiger partial charge in [0.05, 0.1) is 5.52 Å². The lowest BCUT2D eigenvalue weighted by atomic mass is 10.2. The van der Waals surface area contributed by atoms with Gasteiger partial charge in [-0.15, -0.1) is 0 Å². The Labute approximate surface area is 89.9 Å². The van der Waals surface area contributed by atoms with Gasteiger partial charge in [-0.3, -0.25) is 0 Å². The zero-order valence-electron chi connectivity index (χ0n) is 9.25. The summed E-state index contributed by atoms with van der Waals surface area (Å²) in [5, 5.41) is 4.44. The molecule has 3 N–H and O–H groups in total. The highest BCUT2D eigenvalue weighted by atomic mass is 15.0. The van der Waals surface area contributed by atoms with Gasteiger partial charge in [-0.1, -0.05) is 6.07 Å². The van der Waals surface area contributed by atoms with Gasteiger partial charge in [0.15, 0.2) is 0 Å². The number of fused-ring (bicyclic) bond motifs is 1. The fourth-order valence-corrected chi connectivity index (χ4v) is 2.03. The Balaban J connectivity index is 2.63. The molecular formula is C12H17N3. The predicted octanol–water partition coefficient (Wildman–Crippen LogP) is 1.96. The van der Waals surface area contributed by atoms with E-state index in [4.69, 9.17) is 5.73 Å². The summed E-state index contributed by atoms with van der Waals surface area (Å²) in [5.74, 6) is 0. The lowest BCUT2D eigenvalue weighted by Crippen LogP contribution is -2.10. The van der Waals surface area contributed by atoms with E-state index in [1.165, 1.54) is 16.6 Å². The minimum atomic E-state index is 0.825. The van der Waals surface area contributed by atoms with E-state index in [0.717, 1.165) is 18.8 Å². The van der Waals surface area contributed by atoms with E-state index in [1.54, 1.807) is 0 Å². The predicted molar refractivity (Wildman–Crippen MR) is 64.8 cm³/mol. The van der Waals surface area contributed by atoms with Crippen LogP contribution in [0.1, 0.15) is 12.6 Å². The van der Waals surface area contributed by atoms with Crippen LogP contribution in [0.5, 0.6) is 0 Å². The summed E-state index contributed by atoms with van der Waals surface area (Å²) >= 11 is 0. The summed E-state index contributed by atoms with van der Waals surface area (Å²) in [7, 11) is 1.96. The number of hydrogen-bond donors (Lipinski definition) is 2. The van der Waals surface area contributed by atoms with Crippen LogP contribution >= 0.6 is 0 Å². The number of rotatable bonds is 3. The summed E-state index contributed by atoms with van der Waals surface area (Å²) in [4.78, 5) is 0. The van der Waals surface area contributed by atoms with Gasteiger partial charge in [0.2, 0.25) is 0 Å². The largest absolute Gasteiger partial charge is 0.399 e. The molecule has 0 aliphatic heterocycles. The Morgan fingerprint density at radius 2 is 2.13 bits per heavy atom. The maximum absolute atomic E-state index is 5.80. The molecule has 2 aromatic rings. The first kappa shape index (κ1) is 10.1. The number of benzene rings is 1. The Kier molecular flexibility index (Phi) is 2.64. The number of nitrogen functional groups attached to an aromatic ring is 1. The van der Waals surface area contributed by atoms with Gasteiger partial charge >= 0.3 is 0 Å². The molecular weight excluding hydrogens is 186 g/mol. The van der Waals surface area contributed by atoms with E-state index < -0.39 is 0 Å².